The molecule has 0 aliphatic rings. The van der Waals surface area contributed by atoms with Crippen molar-refractivity contribution < 1.29 is 13.9 Å². The Labute approximate surface area is 114 Å². The van der Waals surface area contributed by atoms with E-state index in [1.807, 2.05) is 6.92 Å². The van der Waals surface area contributed by atoms with Gasteiger partial charge in [0.1, 0.15) is 0 Å². The number of methoxy groups -OCH3 is 1. The fourth-order valence-electron chi connectivity index (χ4n) is 1.67. The van der Waals surface area contributed by atoms with Crippen molar-refractivity contribution in [2.24, 2.45) is 0 Å². The molecule has 0 bridgehead atoms. The number of rotatable bonds is 3. The highest BCUT2D eigenvalue weighted by Crippen LogP contribution is 2.35. The molecule has 0 atom stereocenters. The molecule has 0 unspecified atom stereocenters. The van der Waals surface area contributed by atoms with Crippen molar-refractivity contribution in [1.82, 2.24) is 4.98 Å². The van der Waals surface area contributed by atoms with Gasteiger partial charge in [-0.1, -0.05) is 17.4 Å². The van der Waals surface area contributed by atoms with E-state index in [1.165, 1.54) is 31.4 Å². The molecule has 0 radical (unpaired) electrons. The number of hydrogen-bond donors (Lipinski definition) is 1. The first-order chi connectivity index (χ1) is 9.01. The number of ether oxygens (including phenoxy) is 1. The number of amides is 1. The van der Waals surface area contributed by atoms with Gasteiger partial charge in [0.05, 0.1) is 17.7 Å². The summed E-state index contributed by atoms with van der Waals surface area (Å²) in [6, 6.07) is 4.63. The van der Waals surface area contributed by atoms with Crippen molar-refractivity contribution in [3.8, 4) is 16.2 Å². The predicted molar refractivity (Wildman–Crippen MR) is 73.1 cm³/mol. The topological polar surface area (TPSA) is 51.2 Å². The van der Waals surface area contributed by atoms with Crippen molar-refractivity contribution in [2.75, 3.05) is 12.4 Å². The number of anilines is 1. The Balaban J connectivity index is 2.41. The summed E-state index contributed by atoms with van der Waals surface area (Å²) in [6.07, 6.45) is 0. The van der Waals surface area contributed by atoms with Crippen molar-refractivity contribution in [3.63, 3.8) is 0 Å². The van der Waals surface area contributed by atoms with Crippen LogP contribution in [-0.4, -0.2) is 18.0 Å². The minimum absolute atomic E-state index is 0.169. The summed E-state index contributed by atoms with van der Waals surface area (Å²) in [5, 5.41) is 3.17. The highest BCUT2D eigenvalue weighted by Gasteiger charge is 2.12. The maximum atomic E-state index is 13.4. The van der Waals surface area contributed by atoms with Gasteiger partial charge in [-0.3, -0.25) is 4.79 Å². The Morgan fingerprint density at radius 1 is 1.47 bits per heavy atom. The molecular weight excluding hydrogens is 267 g/mol. The Morgan fingerprint density at radius 2 is 2.21 bits per heavy atom. The average molecular weight is 280 g/mol. The summed E-state index contributed by atoms with van der Waals surface area (Å²) >= 11 is 1.34. The van der Waals surface area contributed by atoms with E-state index in [0.29, 0.717) is 5.13 Å². The highest BCUT2D eigenvalue weighted by molar-refractivity contribution is 7.19. The standard InChI is InChI=1S/C13H13FN2O2S/c1-7-12(19-13(15-7)16-8(2)17)9-4-5-10(14)11(6-9)18-3/h4-6H,1-3H3,(H,15,16,17). The van der Waals surface area contributed by atoms with Gasteiger partial charge in [-0.05, 0) is 24.6 Å². The summed E-state index contributed by atoms with van der Waals surface area (Å²) < 4.78 is 18.3. The second kappa shape index (κ2) is 5.36. The van der Waals surface area contributed by atoms with Gasteiger partial charge in [-0.2, -0.15) is 0 Å². The highest BCUT2D eigenvalue weighted by atomic mass is 32.1. The maximum Gasteiger partial charge on any atom is 0.223 e. The molecule has 1 N–H and O–H groups in total. The predicted octanol–water partition coefficient (Wildman–Crippen LogP) is 3.22. The first kappa shape index (κ1) is 13.5. The molecule has 0 aliphatic heterocycles. The van der Waals surface area contributed by atoms with Crippen LogP contribution in [0, 0.1) is 12.7 Å². The van der Waals surface area contributed by atoms with Gasteiger partial charge in [0.2, 0.25) is 5.91 Å². The third-order valence-corrected chi connectivity index (χ3v) is 3.61. The van der Waals surface area contributed by atoms with E-state index in [0.717, 1.165) is 16.1 Å². The van der Waals surface area contributed by atoms with Crippen LogP contribution in [0.5, 0.6) is 5.75 Å². The van der Waals surface area contributed by atoms with Crippen molar-refractivity contribution in [1.29, 1.82) is 0 Å². The Bertz CT molecular complexity index is 625. The summed E-state index contributed by atoms with van der Waals surface area (Å²) in [4.78, 5) is 16.1. The lowest BCUT2D eigenvalue weighted by atomic mass is 10.1. The van der Waals surface area contributed by atoms with Crippen LogP contribution in [0.15, 0.2) is 18.2 Å². The molecule has 6 heteroatoms. The van der Waals surface area contributed by atoms with Crippen LogP contribution < -0.4 is 10.1 Å². The average Bonchev–Trinajstić information content (AvgIpc) is 2.70. The second-order valence-corrected chi connectivity index (χ2v) is 4.96. The van der Waals surface area contributed by atoms with Gasteiger partial charge < -0.3 is 10.1 Å². The van der Waals surface area contributed by atoms with E-state index in [9.17, 15) is 9.18 Å². The molecule has 2 aromatic rings. The summed E-state index contributed by atoms with van der Waals surface area (Å²) in [5.41, 5.74) is 1.59. The van der Waals surface area contributed by atoms with Gasteiger partial charge in [-0.25, -0.2) is 9.37 Å². The number of benzene rings is 1. The minimum atomic E-state index is -0.407. The number of carbonyl (C=O) groups is 1. The molecule has 1 aromatic carbocycles. The lowest BCUT2D eigenvalue weighted by Gasteiger charge is -2.04. The number of nitrogens with zero attached hydrogens (tertiary/aromatic N) is 1. The van der Waals surface area contributed by atoms with E-state index < -0.39 is 5.82 Å². The van der Waals surface area contributed by atoms with Crippen LogP contribution in [0.2, 0.25) is 0 Å². The molecule has 0 fully saturated rings. The second-order valence-electron chi connectivity index (χ2n) is 3.96. The Morgan fingerprint density at radius 3 is 2.84 bits per heavy atom. The number of thiazole rings is 1. The van der Waals surface area contributed by atoms with Crippen molar-refractivity contribution in [3.05, 3.63) is 29.7 Å². The molecule has 0 saturated heterocycles. The smallest absolute Gasteiger partial charge is 0.223 e. The number of nitrogens with one attached hydrogen (secondary N) is 1. The third-order valence-electron chi connectivity index (χ3n) is 2.49. The SMILES string of the molecule is COc1cc(-c2sc(NC(C)=O)nc2C)ccc1F. The van der Waals surface area contributed by atoms with Gasteiger partial charge >= 0.3 is 0 Å². The van der Waals surface area contributed by atoms with Crippen LogP contribution in [0.4, 0.5) is 9.52 Å². The largest absolute Gasteiger partial charge is 0.494 e. The Kier molecular flexibility index (Phi) is 3.80. The van der Waals surface area contributed by atoms with E-state index in [2.05, 4.69) is 10.3 Å². The number of halogens is 1. The molecule has 19 heavy (non-hydrogen) atoms. The fourth-order valence-corrected chi connectivity index (χ4v) is 2.68. The molecule has 100 valence electrons. The zero-order valence-corrected chi connectivity index (χ0v) is 11.6. The van der Waals surface area contributed by atoms with Crippen molar-refractivity contribution >= 4 is 22.4 Å². The number of carbonyl (C=O) groups excluding carboxylic acids is 1. The minimum Gasteiger partial charge on any atom is -0.494 e. The number of aryl methyl sites for hydroxylation is 1. The molecule has 1 aromatic heterocycles. The molecule has 0 spiro atoms. The first-order valence-electron chi connectivity index (χ1n) is 5.60. The first-order valence-corrected chi connectivity index (χ1v) is 6.42. The zero-order valence-electron chi connectivity index (χ0n) is 10.8. The summed E-state index contributed by atoms with van der Waals surface area (Å²) in [6.45, 7) is 3.27. The van der Waals surface area contributed by atoms with E-state index >= 15 is 0 Å². The van der Waals surface area contributed by atoms with E-state index in [1.54, 1.807) is 12.1 Å². The summed E-state index contributed by atoms with van der Waals surface area (Å²) in [5.74, 6) is -0.390. The normalized spacial score (nSPS) is 10.3. The van der Waals surface area contributed by atoms with Crippen LogP contribution in [0.1, 0.15) is 12.6 Å². The number of aromatic nitrogens is 1. The number of hydrogen-bond acceptors (Lipinski definition) is 4. The van der Waals surface area contributed by atoms with Crippen molar-refractivity contribution in [2.45, 2.75) is 13.8 Å². The molecule has 4 nitrogen and oxygen atoms in total. The summed E-state index contributed by atoms with van der Waals surface area (Å²) in [7, 11) is 1.42. The van der Waals surface area contributed by atoms with E-state index in [4.69, 9.17) is 4.74 Å². The molecule has 1 heterocycles. The van der Waals surface area contributed by atoms with Crippen LogP contribution >= 0.6 is 11.3 Å². The molecule has 1 amide bonds. The molecule has 2 rings (SSSR count). The van der Waals surface area contributed by atoms with Gasteiger partial charge in [0, 0.05) is 6.92 Å². The lowest BCUT2D eigenvalue weighted by Crippen LogP contribution is -2.04. The van der Waals surface area contributed by atoms with Crippen LogP contribution in [-0.2, 0) is 4.79 Å². The van der Waals surface area contributed by atoms with Gasteiger partial charge in [-0.15, -0.1) is 0 Å². The maximum absolute atomic E-state index is 13.4. The van der Waals surface area contributed by atoms with Gasteiger partial charge in [0.25, 0.3) is 0 Å². The van der Waals surface area contributed by atoms with E-state index in [-0.39, 0.29) is 11.7 Å². The molecular formula is C13H13FN2O2S. The lowest BCUT2D eigenvalue weighted by molar-refractivity contribution is -0.114. The van der Waals surface area contributed by atoms with Crippen LogP contribution in [0.3, 0.4) is 0 Å². The molecule has 0 aliphatic carbocycles. The fraction of sp³-hybridized carbons (Fsp3) is 0.231. The Hall–Kier alpha value is -1.95. The zero-order chi connectivity index (χ0) is 14.0. The molecule has 0 saturated carbocycles. The van der Waals surface area contributed by atoms with Gasteiger partial charge in [0.15, 0.2) is 16.7 Å². The monoisotopic (exact) mass is 280 g/mol. The quantitative estimate of drug-likeness (QED) is 0.939. The third kappa shape index (κ3) is 2.90. The van der Waals surface area contributed by atoms with Crippen LogP contribution in [0.25, 0.3) is 10.4 Å².